The Morgan fingerprint density at radius 2 is 0.930 bits per heavy atom. The third-order valence-corrected chi connectivity index (χ3v) is 12.4. The van der Waals surface area contributed by atoms with Gasteiger partial charge in [0, 0.05) is 7.11 Å². The second-order valence-electron chi connectivity index (χ2n) is 22.2. The second-order valence-corrected chi connectivity index (χ2v) is 22.2. The lowest BCUT2D eigenvalue weighted by molar-refractivity contribution is 0.0694. The van der Waals surface area contributed by atoms with Gasteiger partial charge in [0.05, 0.1) is 6.10 Å². The van der Waals surface area contributed by atoms with Crippen molar-refractivity contribution in [1.29, 1.82) is 0 Å². The van der Waals surface area contributed by atoms with E-state index in [0.29, 0.717) is 17.8 Å². The summed E-state index contributed by atoms with van der Waals surface area (Å²) >= 11 is 0. The molecule has 2 unspecified atom stereocenters. The Bertz CT molecular complexity index is 2020. The van der Waals surface area contributed by atoms with Crippen molar-refractivity contribution < 1.29 is 4.74 Å². The molecule has 0 spiro atoms. The van der Waals surface area contributed by atoms with Gasteiger partial charge in [-0.25, -0.2) is 0 Å². The van der Waals surface area contributed by atoms with Gasteiger partial charge in [-0.2, -0.15) is 0 Å². The monoisotopic (exact) mass is 769 g/mol. The van der Waals surface area contributed by atoms with Crippen LogP contribution in [-0.4, -0.2) is 7.11 Å². The normalized spacial score (nSPS) is 16.9. The molecule has 2 aliphatic carbocycles. The zero-order valence-electron chi connectivity index (χ0n) is 39.0. The van der Waals surface area contributed by atoms with E-state index in [2.05, 4.69) is 191 Å². The van der Waals surface area contributed by atoms with E-state index in [-0.39, 0.29) is 35.2 Å². The van der Waals surface area contributed by atoms with Gasteiger partial charge in [0.15, 0.2) is 0 Å². The topological polar surface area (TPSA) is 9.23 Å². The molecular weight excluding hydrogens is 689 g/mol. The Morgan fingerprint density at radius 1 is 0.544 bits per heavy atom. The SMILES string of the molecule is C.CC1=Cc2cc(C(C)C)cc(-c3cc(C(C)(C)C)cc(C(C)(C)C)c3)c2C1.COC1c2cc(C(C)C)cc(-c3cc(C(C)(C)C)cc(C(C)(C)C)c3)c2CC1C. The third kappa shape index (κ3) is 10.2. The molecule has 0 fully saturated rings. The molecule has 0 N–H and O–H groups in total. The highest BCUT2D eigenvalue weighted by atomic mass is 16.5. The largest absolute Gasteiger partial charge is 0.376 e. The van der Waals surface area contributed by atoms with Crippen molar-refractivity contribution in [2.75, 3.05) is 7.11 Å². The number of rotatable bonds is 5. The van der Waals surface area contributed by atoms with Crippen LogP contribution in [0.15, 0.2) is 66.2 Å². The maximum absolute atomic E-state index is 5.93. The first-order chi connectivity index (χ1) is 25.7. The fraction of sp³-hybridized carbons (Fsp3) is 0.536. The highest BCUT2D eigenvalue weighted by Crippen LogP contribution is 2.46. The minimum Gasteiger partial charge on any atom is -0.376 e. The summed E-state index contributed by atoms with van der Waals surface area (Å²) in [4.78, 5) is 0. The summed E-state index contributed by atoms with van der Waals surface area (Å²) in [5.41, 5.74) is 21.9. The maximum atomic E-state index is 5.93. The molecule has 0 saturated carbocycles. The summed E-state index contributed by atoms with van der Waals surface area (Å²) in [6.45, 7) is 41.6. The Labute approximate surface area is 351 Å². The fourth-order valence-corrected chi connectivity index (χ4v) is 8.41. The highest BCUT2D eigenvalue weighted by molar-refractivity contribution is 5.79. The molecule has 2 atom stereocenters. The van der Waals surface area contributed by atoms with Gasteiger partial charge in [0.2, 0.25) is 0 Å². The lowest BCUT2D eigenvalue weighted by Gasteiger charge is -2.27. The summed E-state index contributed by atoms with van der Waals surface area (Å²) in [5.74, 6) is 1.56. The first kappa shape index (κ1) is 46.3. The van der Waals surface area contributed by atoms with Crippen LogP contribution in [0.1, 0.15) is 206 Å². The Hall–Kier alpha value is -3.42. The lowest BCUT2D eigenvalue weighted by atomic mass is 9.78. The van der Waals surface area contributed by atoms with Crippen molar-refractivity contribution in [3.05, 3.63) is 122 Å². The third-order valence-electron chi connectivity index (χ3n) is 12.4. The van der Waals surface area contributed by atoms with Crippen molar-refractivity contribution >= 4 is 6.08 Å². The van der Waals surface area contributed by atoms with Crippen LogP contribution in [0.2, 0.25) is 0 Å². The first-order valence-corrected chi connectivity index (χ1v) is 21.5. The van der Waals surface area contributed by atoms with Crippen LogP contribution in [0.3, 0.4) is 0 Å². The maximum Gasteiger partial charge on any atom is 0.0852 e. The molecule has 6 rings (SSSR count). The summed E-state index contributed by atoms with van der Waals surface area (Å²) in [6.07, 6.45) is 4.75. The molecule has 0 bridgehead atoms. The smallest absolute Gasteiger partial charge is 0.0852 e. The number of hydrogen-bond acceptors (Lipinski definition) is 1. The summed E-state index contributed by atoms with van der Waals surface area (Å²) in [7, 11) is 1.86. The van der Waals surface area contributed by atoms with E-state index in [0.717, 1.165) is 12.8 Å². The zero-order valence-corrected chi connectivity index (χ0v) is 39.0. The predicted octanol–water partition coefficient (Wildman–Crippen LogP) is 16.6. The molecule has 0 aromatic heterocycles. The van der Waals surface area contributed by atoms with Crippen molar-refractivity contribution in [2.45, 2.75) is 184 Å². The molecule has 0 saturated heterocycles. The fourth-order valence-electron chi connectivity index (χ4n) is 8.41. The average molecular weight is 769 g/mol. The summed E-state index contributed by atoms with van der Waals surface area (Å²) < 4.78 is 5.93. The van der Waals surface area contributed by atoms with E-state index in [1.54, 1.807) is 0 Å². The van der Waals surface area contributed by atoms with E-state index < -0.39 is 0 Å². The van der Waals surface area contributed by atoms with Crippen LogP contribution in [0.5, 0.6) is 0 Å². The van der Waals surface area contributed by atoms with Gasteiger partial charge in [-0.05, 0) is 137 Å². The van der Waals surface area contributed by atoms with Gasteiger partial charge in [0.1, 0.15) is 0 Å². The number of ether oxygens (including phenoxy) is 1. The molecule has 4 aromatic carbocycles. The lowest BCUT2D eigenvalue weighted by Crippen LogP contribution is -2.16. The van der Waals surface area contributed by atoms with Gasteiger partial charge in [-0.3, -0.25) is 0 Å². The van der Waals surface area contributed by atoms with Gasteiger partial charge in [-0.1, -0.05) is 197 Å². The van der Waals surface area contributed by atoms with E-state index in [4.69, 9.17) is 4.74 Å². The molecule has 0 amide bonds. The molecule has 0 heterocycles. The number of fused-ring (bicyclic) bond motifs is 2. The number of hydrogen-bond donors (Lipinski definition) is 0. The van der Waals surface area contributed by atoms with Gasteiger partial charge >= 0.3 is 0 Å². The quantitative estimate of drug-likeness (QED) is 0.196. The van der Waals surface area contributed by atoms with Crippen molar-refractivity contribution in [3.8, 4) is 22.3 Å². The molecule has 310 valence electrons. The van der Waals surface area contributed by atoms with Crippen LogP contribution in [-0.2, 0) is 39.2 Å². The zero-order chi connectivity index (χ0) is 41.9. The first-order valence-electron chi connectivity index (χ1n) is 21.5. The van der Waals surface area contributed by atoms with Crippen molar-refractivity contribution in [3.63, 3.8) is 0 Å². The van der Waals surface area contributed by atoms with E-state index in [1.807, 2.05) is 7.11 Å². The minimum absolute atomic E-state index is 0. The van der Waals surface area contributed by atoms with Crippen LogP contribution in [0.4, 0.5) is 0 Å². The van der Waals surface area contributed by atoms with Crippen molar-refractivity contribution in [1.82, 2.24) is 0 Å². The Balaban J connectivity index is 0.000000249. The number of benzene rings is 4. The van der Waals surface area contributed by atoms with Crippen LogP contribution in [0.25, 0.3) is 28.3 Å². The average Bonchev–Trinajstić information content (AvgIpc) is 3.62. The predicted molar refractivity (Wildman–Crippen MR) is 253 cm³/mol. The van der Waals surface area contributed by atoms with Gasteiger partial charge in [0.25, 0.3) is 0 Å². The van der Waals surface area contributed by atoms with E-state index in [9.17, 15) is 0 Å². The second kappa shape index (κ2) is 16.7. The number of methoxy groups -OCH3 is 1. The van der Waals surface area contributed by atoms with Crippen LogP contribution >= 0.6 is 0 Å². The molecule has 0 aliphatic heterocycles. The Kier molecular flexibility index (Phi) is 13.5. The number of allylic oxidation sites excluding steroid dienone is 1. The molecule has 57 heavy (non-hydrogen) atoms. The standard InChI is InChI=1S/C28H40O.C27H36.CH4/c1-17(2)19-14-23(24-11-18(3)26(29-10)25(24)15-19)20-12-21(27(4,5)6)16-22(13-20)28(7,8)9;1-17(2)19-12-20-10-18(3)11-24(20)25(15-19)21-13-22(26(4,5)6)16-23(14-21)27(7,8)9;/h12-18,26H,11H2,1-10H3;10,12-17H,11H2,1-9H3;1H4. The van der Waals surface area contributed by atoms with Gasteiger partial charge < -0.3 is 4.74 Å². The van der Waals surface area contributed by atoms with Crippen molar-refractivity contribution in [2.24, 2.45) is 5.92 Å². The summed E-state index contributed by atoms with van der Waals surface area (Å²) in [5, 5.41) is 0. The molecule has 2 aliphatic rings. The van der Waals surface area contributed by atoms with E-state index in [1.165, 1.54) is 83.5 Å². The van der Waals surface area contributed by atoms with Crippen LogP contribution < -0.4 is 0 Å². The molecule has 1 heteroatoms. The van der Waals surface area contributed by atoms with Gasteiger partial charge in [-0.15, -0.1) is 0 Å². The van der Waals surface area contributed by atoms with Crippen LogP contribution in [0, 0.1) is 5.92 Å². The summed E-state index contributed by atoms with van der Waals surface area (Å²) in [6, 6.07) is 24.3. The molecule has 4 aromatic rings. The minimum atomic E-state index is 0. The highest BCUT2D eigenvalue weighted by Gasteiger charge is 2.33. The molecule has 0 radical (unpaired) electrons. The molecule has 1 nitrogen and oxygen atoms in total. The van der Waals surface area contributed by atoms with E-state index >= 15 is 0 Å². The molecular formula is C56H80O. The Morgan fingerprint density at radius 3 is 1.30 bits per heavy atom.